The van der Waals surface area contributed by atoms with E-state index < -0.39 is 26.6 Å². The summed E-state index contributed by atoms with van der Waals surface area (Å²) in [5.41, 5.74) is -0.679. The van der Waals surface area contributed by atoms with Gasteiger partial charge in [-0.3, -0.25) is 4.79 Å². The molecular formula is C23H19NO7S. The largest absolute Gasteiger partial charge is 0.497 e. The van der Waals surface area contributed by atoms with E-state index in [2.05, 4.69) is 5.32 Å². The number of carbonyl (C=O) groups is 1. The predicted molar refractivity (Wildman–Crippen MR) is 116 cm³/mol. The van der Waals surface area contributed by atoms with Gasteiger partial charge in [-0.15, -0.1) is 0 Å². The zero-order valence-corrected chi connectivity index (χ0v) is 17.8. The number of hydrogen-bond acceptors (Lipinski definition) is 7. The molecule has 4 aromatic rings. The van der Waals surface area contributed by atoms with Crippen LogP contribution in [0.2, 0.25) is 0 Å². The van der Waals surface area contributed by atoms with Crippen LogP contribution in [0.1, 0.15) is 21.4 Å². The van der Waals surface area contributed by atoms with Gasteiger partial charge in [0.25, 0.3) is 5.91 Å². The van der Waals surface area contributed by atoms with Crippen LogP contribution in [0, 0.1) is 0 Å². The summed E-state index contributed by atoms with van der Waals surface area (Å²) in [6, 6.07) is 17.2. The van der Waals surface area contributed by atoms with Crippen molar-refractivity contribution in [2.45, 2.75) is 10.1 Å². The summed E-state index contributed by atoms with van der Waals surface area (Å²) in [5, 5.41) is 1.90. The molecule has 0 fully saturated rings. The van der Waals surface area contributed by atoms with Gasteiger partial charge < -0.3 is 18.9 Å². The van der Waals surface area contributed by atoms with Crippen molar-refractivity contribution in [3.05, 3.63) is 94.7 Å². The van der Waals surface area contributed by atoms with Crippen molar-refractivity contribution in [3.8, 4) is 5.75 Å². The number of hydrogen-bond donors (Lipinski definition) is 1. The van der Waals surface area contributed by atoms with Crippen LogP contribution in [0.5, 0.6) is 5.75 Å². The first-order valence-corrected chi connectivity index (χ1v) is 11.2. The molecule has 0 unspecified atom stereocenters. The molecule has 0 aliphatic carbocycles. The number of nitrogens with one attached hydrogen (secondary N) is 1. The number of ether oxygens (including phenoxy) is 1. The van der Waals surface area contributed by atoms with Crippen molar-refractivity contribution < 1.29 is 26.8 Å². The lowest BCUT2D eigenvalue weighted by atomic mass is 10.2. The molecule has 0 aliphatic rings. The fourth-order valence-corrected chi connectivity index (χ4v) is 4.85. The lowest BCUT2D eigenvalue weighted by molar-refractivity contribution is 0.0949. The Balaban J connectivity index is 1.62. The maximum atomic E-state index is 13.3. The first-order chi connectivity index (χ1) is 15.4. The van der Waals surface area contributed by atoms with Crippen molar-refractivity contribution in [1.82, 2.24) is 5.32 Å². The number of amides is 1. The summed E-state index contributed by atoms with van der Waals surface area (Å²) >= 11 is 0. The monoisotopic (exact) mass is 453 g/mol. The van der Waals surface area contributed by atoms with Gasteiger partial charge in [-0.2, -0.15) is 0 Å². The molecule has 0 saturated heterocycles. The Labute approximate surface area is 183 Å². The molecule has 0 aliphatic heterocycles. The Hall–Kier alpha value is -3.85. The molecule has 2 heterocycles. The molecule has 9 heteroatoms. The Kier molecular flexibility index (Phi) is 5.83. The van der Waals surface area contributed by atoms with Crippen molar-refractivity contribution >= 4 is 26.7 Å². The minimum absolute atomic E-state index is 0.0409. The maximum absolute atomic E-state index is 13.3. The molecule has 1 N–H and O–H groups in total. The van der Waals surface area contributed by atoms with Crippen LogP contribution in [0.15, 0.2) is 91.5 Å². The molecule has 32 heavy (non-hydrogen) atoms. The van der Waals surface area contributed by atoms with Crippen molar-refractivity contribution in [1.29, 1.82) is 0 Å². The van der Waals surface area contributed by atoms with Crippen LogP contribution >= 0.6 is 0 Å². The summed E-state index contributed by atoms with van der Waals surface area (Å²) in [7, 11) is -2.46. The van der Waals surface area contributed by atoms with Gasteiger partial charge in [0.15, 0.2) is 9.84 Å². The third-order valence-electron chi connectivity index (χ3n) is 4.96. The number of fused-ring (bicyclic) bond motifs is 1. The topological polar surface area (TPSA) is 116 Å². The van der Waals surface area contributed by atoms with E-state index in [4.69, 9.17) is 13.6 Å². The highest BCUT2D eigenvalue weighted by molar-refractivity contribution is 7.91. The zero-order chi connectivity index (χ0) is 22.7. The number of methoxy groups -OCH3 is 1. The van der Waals surface area contributed by atoms with Gasteiger partial charge in [0.2, 0.25) is 0 Å². The maximum Gasteiger partial charge on any atom is 0.349 e. The third-order valence-corrected chi connectivity index (χ3v) is 7.03. The highest BCUT2D eigenvalue weighted by atomic mass is 32.2. The Morgan fingerprint density at radius 3 is 2.50 bits per heavy atom. The molecule has 1 atom stereocenters. The van der Waals surface area contributed by atoms with E-state index in [1.807, 2.05) is 0 Å². The molecule has 0 saturated carbocycles. The van der Waals surface area contributed by atoms with Crippen LogP contribution in [0.3, 0.4) is 0 Å². The fourth-order valence-electron chi connectivity index (χ4n) is 3.27. The van der Waals surface area contributed by atoms with Gasteiger partial charge in [-0.25, -0.2) is 13.2 Å². The number of sulfone groups is 1. The minimum atomic E-state index is -3.94. The molecule has 164 valence electrons. The van der Waals surface area contributed by atoms with E-state index in [0.717, 1.165) is 0 Å². The highest BCUT2D eigenvalue weighted by Gasteiger charge is 2.32. The lowest BCUT2D eigenvalue weighted by Crippen LogP contribution is -2.34. The molecule has 0 spiro atoms. The predicted octanol–water partition coefficient (Wildman–Crippen LogP) is 3.34. The van der Waals surface area contributed by atoms with Crippen LogP contribution in [-0.4, -0.2) is 28.0 Å². The average Bonchev–Trinajstić information content (AvgIpc) is 3.33. The second kappa shape index (κ2) is 8.72. The quantitative estimate of drug-likeness (QED) is 0.427. The lowest BCUT2D eigenvalue weighted by Gasteiger charge is -2.17. The number of carbonyl (C=O) groups excluding carboxylic acids is 1. The Morgan fingerprint density at radius 2 is 1.81 bits per heavy atom. The number of rotatable bonds is 7. The first-order valence-electron chi connectivity index (χ1n) is 9.62. The minimum Gasteiger partial charge on any atom is -0.497 e. The average molecular weight is 453 g/mol. The molecule has 2 aromatic heterocycles. The van der Waals surface area contributed by atoms with E-state index >= 15 is 0 Å². The summed E-state index contributed by atoms with van der Waals surface area (Å²) in [5.74, 6) is -0.0764. The first kappa shape index (κ1) is 21.4. The smallest absolute Gasteiger partial charge is 0.349 e. The van der Waals surface area contributed by atoms with Crippen LogP contribution in [0.25, 0.3) is 11.0 Å². The van der Waals surface area contributed by atoms with E-state index in [1.165, 1.54) is 49.8 Å². The van der Waals surface area contributed by atoms with Crippen LogP contribution < -0.4 is 15.7 Å². The summed E-state index contributed by atoms with van der Waals surface area (Å²) in [6.45, 7) is -0.313. The second-order valence-electron chi connectivity index (χ2n) is 6.92. The van der Waals surface area contributed by atoms with E-state index in [1.54, 1.807) is 30.3 Å². The Bertz CT molecular complexity index is 1410. The SMILES string of the molecule is COc1ccc(S(=O)(=O)[C@@H](CNC(=O)c2cc3ccccc3oc2=O)c2ccco2)cc1. The molecule has 2 aromatic carbocycles. The molecule has 4 rings (SSSR count). The summed E-state index contributed by atoms with van der Waals surface area (Å²) in [4.78, 5) is 25.0. The van der Waals surface area contributed by atoms with Crippen molar-refractivity contribution in [2.75, 3.05) is 13.7 Å². The number of furan rings is 1. The van der Waals surface area contributed by atoms with E-state index in [9.17, 15) is 18.0 Å². The normalized spacial score (nSPS) is 12.4. The van der Waals surface area contributed by atoms with E-state index in [-0.39, 0.29) is 22.8 Å². The molecule has 1 amide bonds. The van der Waals surface area contributed by atoms with Crippen LogP contribution in [-0.2, 0) is 9.84 Å². The van der Waals surface area contributed by atoms with Crippen LogP contribution in [0.4, 0.5) is 0 Å². The third kappa shape index (κ3) is 4.15. The highest BCUT2D eigenvalue weighted by Crippen LogP contribution is 2.30. The number of benzene rings is 2. The second-order valence-corrected chi connectivity index (χ2v) is 9.05. The van der Waals surface area contributed by atoms with Gasteiger partial charge in [0.1, 0.15) is 27.9 Å². The summed E-state index contributed by atoms with van der Waals surface area (Å²) in [6.07, 6.45) is 1.35. The van der Waals surface area contributed by atoms with Gasteiger partial charge in [0.05, 0.1) is 18.3 Å². The van der Waals surface area contributed by atoms with Crippen molar-refractivity contribution in [3.63, 3.8) is 0 Å². The van der Waals surface area contributed by atoms with Gasteiger partial charge >= 0.3 is 5.63 Å². The Morgan fingerprint density at radius 1 is 1.06 bits per heavy atom. The molecular weight excluding hydrogens is 434 g/mol. The fraction of sp³-hybridized carbons (Fsp3) is 0.130. The molecule has 8 nitrogen and oxygen atoms in total. The standard InChI is InChI=1S/C23H19NO7S/c1-29-16-8-10-17(11-9-16)32(27,28)21(20-7-4-12-30-20)14-24-22(25)18-13-15-5-2-3-6-19(15)31-23(18)26/h2-13,21H,14H2,1H3,(H,24,25)/t21-/m0/s1. The van der Waals surface area contributed by atoms with Gasteiger partial charge in [0, 0.05) is 11.9 Å². The van der Waals surface area contributed by atoms with Crippen molar-refractivity contribution in [2.24, 2.45) is 0 Å². The summed E-state index contributed by atoms with van der Waals surface area (Å²) < 4.78 is 42.2. The zero-order valence-electron chi connectivity index (χ0n) is 17.0. The van der Waals surface area contributed by atoms with Gasteiger partial charge in [-0.1, -0.05) is 18.2 Å². The van der Waals surface area contributed by atoms with E-state index in [0.29, 0.717) is 16.7 Å². The molecule has 0 bridgehead atoms. The van der Waals surface area contributed by atoms with Gasteiger partial charge in [-0.05, 0) is 48.5 Å². The number of para-hydroxylation sites is 1. The molecule has 0 radical (unpaired) electrons.